The number of nitrogens with zero attached hydrogens (tertiary/aromatic N) is 4. The van der Waals surface area contributed by atoms with Gasteiger partial charge in [0.2, 0.25) is 0 Å². The van der Waals surface area contributed by atoms with Crippen molar-refractivity contribution in [1.82, 2.24) is 14.8 Å². The standard InChI is InChI=1S/C30H33FN6O5/c1-18-10-15-22(31)23(17-18)33-26(38)32-20-13-11-19(12-14-20)21-9-8-16-36-24(21)25(34-35-36)37(27(39)41-29(2,3)4)28(40)42-30(5,6)7/h8-17H,1-7H3,(H2,32,33,38). The number of urea groups is 1. The first kappa shape index (κ1) is 30.0. The highest BCUT2D eigenvalue weighted by atomic mass is 19.1. The molecule has 0 aliphatic rings. The van der Waals surface area contributed by atoms with Gasteiger partial charge in [-0.25, -0.2) is 23.3 Å². The molecule has 12 heteroatoms. The molecule has 0 saturated carbocycles. The summed E-state index contributed by atoms with van der Waals surface area (Å²) in [6.45, 7) is 11.9. The van der Waals surface area contributed by atoms with Crippen molar-refractivity contribution in [3.05, 3.63) is 72.2 Å². The summed E-state index contributed by atoms with van der Waals surface area (Å²) in [5, 5.41) is 13.4. The van der Waals surface area contributed by atoms with Crippen LogP contribution in [0.3, 0.4) is 0 Å². The number of rotatable bonds is 4. The van der Waals surface area contributed by atoms with Crippen LogP contribution in [0.15, 0.2) is 60.8 Å². The Balaban J connectivity index is 1.66. The van der Waals surface area contributed by atoms with Gasteiger partial charge in [-0.1, -0.05) is 29.5 Å². The van der Waals surface area contributed by atoms with E-state index in [1.165, 1.54) is 16.6 Å². The van der Waals surface area contributed by atoms with E-state index >= 15 is 0 Å². The van der Waals surface area contributed by atoms with Gasteiger partial charge in [0.25, 0.3) is 0 Å². The lowest BCUT2D eigenvalue weighted by atomic mass is 10.0. The molecule has 2 aromatic heterocycles. The van der Waals surface area contributed by atoms with Gasteiger partial charge in [0, 0.05) is 17.4 Å². The number of aryl methyl sites for hydroxylation is 1. The van der Waals surface area contributed by atoms with Crippen LogP contribution in [0.2, 0.25) is 0 Å². The van der Waals surface area contributed by atoms with E-state index in [1.54, 1.807) is 97.1 Å². The second-order valence-corrected chi connectivity index (χ2v) is 11.6. The molecule has 2 N–H and O–H groups in total. The number of ether oxygens (including phenoxy) is 2. The highest BCUT2D eigenvalue weighted by Crippen LogP contribution is 2.33. The summed E-state index contributed by atoms with van der Waals surface area (Å²) in [5.41, 5.74) is 1.13. The first-order valence-corrected chi connectivity index (χ1v) is 13.2. The third kappa shape index (κ3) is 7.19. The van der Waals surface area contributed by atoms with E-state index in [9.17, 15) is 18.8 Å². The van der Waals surface area contributed by atoms with Crippen molar-refractivity contribution in [2.75, 3.05) is 15.5 Å². The summed E-state index contributed by atoms with van der Waals surface area (Å²) >= 11 is 0. The van der Waals surface area contributed by atoms with Crippen molar-refractivity contribution >= 4 is 40.9 Å². The summed E-state index contributed by atoms with van der Waals surface area (Å²) in [7, 11) is 0. The summed E-state index contributed by atoms with van der Waals surface area (Å²) in [6.07, 6.45) is -0.309. The number of hydrogen-bond acceptors (Lipinski definition) is 7. The summed E-state index contributed by atoms with van der Waals surface area (Å²) < 4.78 is 26.5. The molecule has 0 spiro atoms. The Bertz CT molecular complexity index is 1610. The molecule has 0 aliphatic carbocycles. The SMILES string of the molecule is Cc1ccc(F)c(NC(=O)Nc2ccc(-c3cccn4nnc(N(C(=O)OC(C)(C)C)C(=O)OC(C)(C)C)c34)cc2)c1. The number of halogens is 1. The van der Waals surface area contributed by atoms with Crippen molar-refractivity contribution < 1.29 is 28.2 Å². The number of fused-ring (bicyclic) bond motifs is 1. The fourth-order valence-corrected chi connectivity index (χ4v) is 3.93. The van der Waals surface area contributed by atoms with Gasteiger partial charge in [-0.3, -0.25) is 0 Å². The molecular weight excluding hydrogens is 543 g/mol. The predicted molar refractivity (Wildman–Crippen MR) is 157 cm³/mol. The van der Waals surface area contributed by atoms with Gasteiger partial charge < -0.3 is 20.1 Å². The highest BCUT2D eigenvalue weighted by Gasteiger charge is 2.36. The molecule has 0 unspecified atom stereocenters. The predicted octanol–water partition coefficient (Wildman–Crippen LogP) is 7.16. The van der Waals surface area contributed by atoms with Crippen molar-refractivity contribution in [1.29, 1.82) is 0 Å². The molecular formula is C30H33FN6O5. The third-order valence-corrected chi connectivity index (χ3v) is 5.61. The molecule has 220 valence electrons. The second-order valence-electron chi connectivity index (χ2n) is 11.6. The number of benzene rings is 2. The van der Waals surface area contributed by atoms with Crippen LogP contribution in [-0.2, 0) is 9.47 Å². The van der Waals surface area contributed by atoms with E-state index in [2.05, 4.69) is 20.9 Å². The number of hydrogen-bond donors (Lipinski definition) is 2. The maximum atomic E-state index is 14.0. The van der Waals surface area contributed by atoms with Crippen LogP contribution in [0, 0.1) is 12.7 Å². The minimum Gasteiger partial charge on any atom is -0.443 e. The molecule has 0 aliphatic heterocycles. The number of imide groups is 1. The van der Waals surface area contributed by atoms with Gasteiger partial charge in [-0.15, -0.1) is 5.10 Å². The van der Waals surface area contributed by atoms with Gasteiger partial charge >= 0.3 is 18.2 Å². The molecule has 4 aromatic rings. The Morgan fingerprint density at radius 2 is 1.50 bits per heavy atom. The summed E-state index contributed by atoms with van der Waals surface area (Å²) in [4.78, 5) is 39.7. The summed E-state index contributed by atoms with van der Waals surface area (Å²) in [6, 6.07) is 14.1. The van der Waals surface area contributed by atoms with Crippen LogP contribution in [0.5, 0.6) is 0 Å². The highest BCUT2D eigenvalue weighted by molar-refractivity contribution is 6.12. The third-order valence-electron chi connectivity index (χ3n) is 5.61. The van der Waals surface area contributed by atoms with Crippen LogP contribution >= 0.6 is 0 Å². The van der Waals surface area contributed by atoms with Gasteiger partial charge in [0.1, 0.15) is 22.5 Å². The zero-order valence-electron chi connectivity index (χ0n) is 24.5. The van der Waals surface area contributed by atoms with Gasteiger partial charge in [0.05, 0.1) is 5.69 Å². The van der Waals surface area contributed by atoms with Crippen molar-refractivity contribution in [2.45, 2.75) is 59.7 Å². The zero-order chi connectivity index (χ0) is 30.8. The van der Waals surface area contributed by atoms with Crippen LogP contribution in [0.25, 0.3) is 16.6 Å². The lowest BCUT2D eigenvalue weighted by Crippen LogP contribution is -2.44. The normalized spacial score (nSPS) is 11.6. The Morgan fingerprint density at radius 3 is 2.10 bits per heavy atom. The van der Waals surface area contributed by atoms with E-state index in [-0.39, 0.29) is 11.5 Å². The molecule has 4 rings (SSSR count). The lowest BCUT2D eigenvalue weighted by molar-refractivity contribution is 0.0429. The van der Waals surface area contributed by atoms with E-state index in [0.29, 0.717) is 22.3 Å². The quantitative estimate of drug-likeness (QED) is 0.264. The Labute approximate surface area is 242 Å². The topological polar surface area (TPSA) is 127 Å². The van der Waals surface area contributed by atoms with Crippen molar-refractivity contribution in [3.8, 4) is 11.1 Å². The maximum absolute atomic E-state index is 14.0. The number of carbonyl (C=O) groups excluding carboxylic acids is 3. The average molecular weight is 577 g/mol. The Kier molecular flexibility index (Phi) is 8.19. The van der Waals surface area contributed by atoms with Gasteiger partial charge in [-0.05, 0) is 89.9 Å². The molecule has 2 aromatic carbocycles. The second kappa shape index (κ2) is 11.5. The number of amides is 4. The molecule has 2 heterocycles. The van der Waals surface area contributed by atoms with Crippen molar-refractivity contribution in [2.24, 2.45) is 0 Å². The van der Waals surface area contributed by atoms with Crippen LogP contribution in [0.1, 0.15) is 47.1 Å². The van der Waals surface area contributed by atoms with E-state index in [0.717, 1.165) is 10.5 Å². The van der Waals surface area contributed by atoms with E-state index < -0.39 is 35.2 Å². The largest absolute Gasteiger partial charge is 0.443 e. The molecule has 0 atom stereocenters. The van der Waals surface area contributed by atoms with Crippen LogP contribution < -0.4 is 15.5 Å². The van der Waals surface area contributed by atoms with Crippen LogP contribution in [-0.4, -0.2) is 44.2 Å². The zero-order valence-corrected chi connectivity index (χ0v) is 24.5. The summed E-state index contributed by atoms with van der Waals surface area (Å²) in [5.74, 6) is -0.618. The smallest absolute Gasteiger partial charge is 0.425 e. The van der Waals surface area contributed by atoms with Gasteiger partial charge in [0.15, 0.2) is 5.82 Å². The number of carbonyl (C=O) groups is 3. The van der Waals surface area contributed by atoms with Crippen LogP contribution in [0.4, 0.5) is 36.0 Å². The Hall–Kier alpha value is -5.00. The lowest BCUT2D eigenvalue weighted by Gasteiger charge is -2.27. The number of aromatic nitrogens is 3. The molecule has 0 fully saturated rings. The first-order valence-electron chi connectivity index (χ1n) is 13.2. The fraction of sp³-hybridized carbons (Fsp3) is 0.300. The molecule has 11 nitrogen and oxygen atoms in total. The number of nitrogens with one attached hydrogen (secondary N) is 2. The first-order chi connectivity index (χ1) is 19.6. The monoisotopic (exact) mass is 576 g/mol. The molecule has 0 radical (unpaired) electrons. The number of anilines is 3. The van der Waals surface area contributed by atoms with Crippen molar-refractivity contribution in [3.63, 3.8) is 0 Å². The Morgan fingerprint density at radius 1 is 0.881 bits per heavy atom. The fourth-order valence-electron chi connectivity index (χ4n) is 3.93. The molecule has 4 amide bonds. The van der Waals surface area contributed by atoms with E-state index in [4.69, 9.17) is 9.47 Å². The molecule has 42 heavy (non-hydrogen) atoms. The minimum atomic E-state index is -0.968. The molecule has 0 saturated heterocycles. The average Bonchev–Trinajstić information content (AvgIpc) is 3.28. The minimum absolute atomic E-state index is 0.0658. The molecule has 0 bridgehead atoms. The van der Waals surface area contributed by atoms with E-state index in [1.807, 2.05) is 0 Å². The van der Waals surface area contributed by atoms with Gasteiger partial charge in [-0.2, -0.15) is 4.90 Å². The maximum Gasteiger partial charge on any atom is 0.425 e. The number of pyridine rings is 1.